The monoisotopic (exact) mass is 237 g/mol. The van der Waals surface area contributed by atoms with E-state index in [1.807, 2.05) is 24.3 Å². The van der Waals surface area contributed by atoms with Crippen LogP contribution in [0.25, 0.3) is 0 Å². The number of rotatable bonds is 2. The van der Waals surface area contributed by atoms with Crippen molar-refractivity contribution in [1.29, 1.82) is 0 Å². The van der Waals surface area contributed by atoms with Gasteiger partial charge in [0.25, 0.3) is 0 Å². The zero-order chi connectivity index (χ0) is 11.3. The van der Waals surface area contributed by atoms with E-state index in [1.54, 1.807) is 0 Å². The van der Waals surface area contributed by atoms with Gasteiger partial charge in [0, 0.05) is 16.6 Å². The van der Waals surface area contributed by atoms with Crippen molar-refractivity contribution in [3.05, 3.63) is 34.9 Å². The highest BCUT2D eigenvalue weighted by molar-refractivity contribution is 6.30. The van der Waals surface area contributed by atoms with Gasteiger partial charge >= 0.3 is 0 Å². The van der Waals surface area contributed by atoms with Gasteiger partial charge in [-0.3, -0.25) is 0 Å². The third-order valence-electron chi connectivity index (χ3n) is 3.98. The smallest absolute Gasteiger partial charge is 0.0946 e. The number of benzene rings is 1. The van der Waals surface area contributed by atoms with E-state index in [2.05, 4.69) is 12.2 Å². The van der Waals surface area contributed by atoms with Crippen molar-refractivity contribution in [2.45, 2.75) is 37.5 Å². The van der Waals surface area contributed by atoms with Crippen LogP contribution in [0.2, 0.25) is 5.02 Å². The van der Waals surface area contributed by atoms with Crippen molar-refractivity contribution in [2.75, 3.05) is 0 Å². The summed E-state index contributed by atoms with van der Waals surface area (Å²) in [5, 5.41) is 14.6. The molecule has 2 N–H and O–H groups in total. The van der Waals surface area contributed by atoms with E-state index in [1.165, 1.54) is 12.8 Å². The molecule has 0 spiro atoms. The lowest BCUT2D eigenvalue weighted by Gasteiger charge is -2.33. The third-order valence-corrected chi connectivity index (χ3v) is 4.21. The van der Waals surface area contributed by atoms with Crippen LogP contribution in [0.4, 0.5) is 0 Å². The second-order valence-electron chi connectivity index (χ2n) is 5.40. The van der Waals surface area contributed by atoms with E-state index in [4.69, 9.17) is 11.6 Å². The summed E-state index contributed by atoms with van der Waals surface area (Å²) in [7, 11) is 0. The quantitative estimate of drug-likeness (QED) is 0.829. The van der Waals surface area contributed by atoms with Gasteiger partial charge in [0.15, 0.2) is 0 Å². The Balaban J connectivity index is 1.81. The summed E-state index contributed by atoms with van der Waals surface area (Å²) in [5.41, 5.74) is 1.19. The molecule has 4 rings (SSSR count). The lowest BCUT2D eigenvalue weighted by atomic mass is 9.72. The summed E-state index contributed by atoms with van der Waals surface area (Å²) in [6.07, 6.45) is 1.94. The Morgan fingerprint density at radius 1 is 1.50 bits per heavy atom. The zero-order valence-electron chi connectivity index (χ0n) is 9.28. The fraction of sp³-hybridized carbons (Fsp3) is 0.538. The third kappa shape index (κ3) is 1.56. The number of fused-ring (bicyclic) bond motifs is 1. The molecule has 0 aromatic heterocycles. The first-order valence-corrected chi connectivity index (χ1v) is 6.16. The summed E-state index contributed by atoms with van der Waals surface area (Å²) >= 11 is 5.94. The van der Waals surface area contributed by atoms with Crippen LogP contribution < -0.4 is 5.32 Å². The topological polar surface area (TPSA) is 32.3 Å². The number of nitrogens with one attached hydrogen (secondary N) is 1. The van der Waals surface area contributed by atoms with Crippen LogP contribution in [0.1, 0.15) is 31.4 Å². The normalized spacial score (nSPS) is 38.2. The second-order valence-corrected chi connectivity index (χ2v) is 5.84. The molecule has 1 aromatic carbocycles. The van der Waals surface area contributed by atoms with Gasteiger partial charge in [0.2, 0.25) is 0 Å². The van der Waals surface area contributed by atoms with Gasteiger partial charge in [-0.15, -0.1) is 0 Å². The molecule has 0 amide bonds. The van der Waals surface area contributed by atoms with Crippen LogP contribution in [-0.2, 0) is 0 Å². The van der Waals surface area contributed by atoms with Gasteiger partial charge in [-0.2, -0.15) is 0 Å². The Hall–Kier alpha value is -0.570. The molecule has 2 nitrogen and oxygen atoms in total. The van der Waals surface area contributed by atoms with Crippen LogP contribution in [0.5, 0.6) is 0 Å². The van der Waals surface area contributed by atoms with E-state index in [-0.39, 0.29) is 11.6 Å². The average Bonchev–Trinajstić information content (AvgIpc) is 2.70. The van der Waals surface area contributed by atoms with E-state index < -0.39 is 6.10 Å². The molecule has 2 heterocycles. The summed E-state index contributed by atoms with van der Waals surface area (Å²) in [6.45, 7) is 2.23. The lowest BCUT2D eigenvalue weighted by molar-refractivity contribution is 0.121. The van der Waals surface area contributed by atoms with Gasteiger partial charge in [0.1, 0.15) is 0 Å². The Bertz CT molecular complexity index is 414. The van der Waals surface area contributed by atoms with Gasteiger partial charge in [0.05, 0.1) is 6.10 Å². The summed E-state index contributed by atoms with van der Waals surface area (Å²) < 4.78 is 0. The predicted octanol–water partition coefficient (Wildman–Crippen LogP) is 2.51. The first-order chi connectivity index (χ1) is 7.57. The van der Waals surface area contributed by atoms with E-state index in [0.717, 1.165) is 5.56 Å². The van der Waals surface area contributed by atoms with Crippen LogP contribution in [0.3, 0.4) is 0 Å². The minimum Gasteiger partial charge on any atom is -0.387 e. The molecule has 0 radical (unpaired) electrons. The number of halogens is 1. The molecule has 3 heteroatoms. The molecule has 2 aliphatic heterocycles. The summed E-state index contributed by atoms with van der Waals surface area (Å²) in [6, 6.07) is 7.72. The average molecular weight is 238 g/mol. The number of aliphatic hydroxyl groups excluding tert-OH is 1. The molecule has 2 saturated heterocycles. The van der Waals surface area contributed by atoms with Crippen molar-refractivity contribution in [2.24, 2.45) is 5.92 Å². The maximum Gasteiger partial charge on any atom is 0.0946 e. The standard InChI is InChI=1S/C13H16ClNO/c1-13-6-9(7-13)11(15-13)12(16)8-3-2-4-10(14)5-8/h2-5,9,11-12,15-16H,6-7H2,1H3/t9?,11-,12-,13?/m1/s1. The maximum atomic E-state index is 10.3. The van der Waals surface area contributed by atoms with Crippen LogP contribution in [0.15, 0.2) is 24.3 Å². The molecular formula is C13H16ClNO. The highest BCUT2D eigenvalue weighted by Gasteiger charge is 2.54. The molecular weight excluding hydrogens is 222 g/mol. The molecule has 86 valence electrons. The SMILES string of the molecule is CC12CC(C1)[C@H]([C@H](O)c1cccc(Cl)c1)N2. The summed E-state index contributed by atoms with van der Waals surface area (Å²) in [5.74, 6) is 0.624. The van der Waals surface area contributed by atoms with Crippen LogP contribution in [-0.4, -0.2) is 16.7 Å². The molecule has 2 bridgehead atoms. The zero-order valence-corrected chi connectivity index (χ0v) is 10.0. The van der Waals surface area contributed by atoms with E-state index >= 15 is 0 Å². The van der Waals surface area contributed by atoms with Gasteiger partial charge in [-0.1, -0.05) is 23.7 Å². The first-order valence-electron chi connectivity index (χ1n) is 5.79. The molecule has 3 aliphatic rings. The number of aliphatic hydroxyl groups is 1. The minimum atomic E-state index is -0.437. The van der Waals surface area contributed by atoms with Crippen LogP contribution in [0, 0.1) is 5.92 Å². The van der Waals surface area contributed by atoms with Crippen molar-refractivity contribution < 1.29 is 5.11 Å². The molecule has 1 aromatic rings. The largest absolute Gasteiger partial charge is 0.387 e. The Morgan fingerprint density at radius 3 is 2.81 bits per heavy atom. The van der Waals surface area contributed by atoms with Gasteiger partial charge in [-0.05, 0) is 43.4 Å². The second kappa shape index (κ2) is 3.46. The molecule has 0 unspecified atom stereocenters. The Labute approximate surface area is 101 Å². The molecule has 2 atom stereocenters. The van der Waals surface area contributed by atoms with Gasteiger partial charge in [-0.25, -0.2) is 0 Å². The van der Waals surface area contributed by atoms with Crippen molar-refractivity contribution in [3.63, 3.8) is 0 Å². The molecule has 1 saturated carbocycles. The van der Waals surface area contributed by atoms with Crippen LogP contribution >= 0.6 is 11.6 Å². The molecule has 16 heavy (non-hydrogen) atoms. The fourth-order valence-corrected chi connectivity index (χ4v) is 3.42. The number of hydrogen-bond donors (Lipinski definition) is 2. The lowest BCUT2D eigenvalue weighted by Crippen LogP contribution is -2.40. The van der Waals surface area contributed by atoms with E-state index in [9.17, 15) is 5.11 Å². The fourth-order valence-electron chi connectivity index (χ4n) is 3.22. The number of hydrogen-bond acceptors (Lipinski definition) is 2. The first kappa shape index (κ1) is 10.6. The summed E-state index contributed by atoms with van der Waals surface area (Å²) in [4.78, 5) is 0. The highest BCUT2D eigenvalue weighted by Crippen LogP contribution is 2.50. The highest BCUT2D eigenvalue weighted by atomic mass is 35.5. The molecule has 1 aliphatic carbocycles. The Morgan fingerprint density at radius 2 is 2.25 bits per heavy atom. The minimum absolute atomic E-state index is 0.198. The van der Waals surface area contributed by atoms with Crippen molar-refractivity contribution >= 4 is 11.6 Å². The predicted molar refractivity (Wildman–Crippen MR) is 64.5 cm³/mol. The van der Waals surface area contributed by atoms with E-state index in [0.29, 0.717) is 10.9 Å². The van der Waals surface area contributed by atoms with Crippen molar-refractivity contribution in [1.82, 2.24) is 5.32 Å². The van der Waals surface area contributed by atoms with Crippen molar-refractivity contribution in [3.8, 4) is 0 Å². The van der Waals surface area contributed by atoms with Gasteiger partial charge < -0.3 is 10.4 Å². The maximum absolute atomic E-state index is 10.3. The Kier molecular flexibility index (Phi) is 2.29. The molecule has 3 fully saturated rings.